The lowest BCUT2D eigenvalue weighted by Crippen LogP contribution is -2.39. The largest absolute Gasteiger partial charge is 0.545 e. The summed E-state index contributed by atoms with van der Waals surface area (Å²) in [4.78, 5) is 46.1. The number of hydrogen-bond donors (Lipinski definition) is 2. The Kier molecular flexibility index (Phi) is 42.1. The second-order valence-corrected chi connectivity index (χ2v) is 24.9. The summed E-state index contributed by atoms with van der Waals surface area (Å²) in [5.41, 5.74) is 0.726. The number of unbranched alkanes of at least 4 members (excludes halogenated alkanes) is 26. The average molecular weight is 1140 g/mol. The van der Waals surface area contributed by atoms with Crippen LogP contribution in [-0.2, 0) is 0 Å². The molecule has 4 aromatic carbocycles. The maximum absolute atomic E-state index is 10.7. The highest BCUT2D eigenvalue weighted by Crippen LogP contribution is 2.29. The van der Waals surface area contributed by atoms with Crippen molar-refractivity contribution in [1.29, 1.82) is 0 Å². The molecule has 2 N–H and O–H groups in total. The first-order valence-electron chi connectivity index (χ1n) is 30.7. The van der Waals surface area contributed by atoms with Crippen LogP contribution in [0.25, 0.3) is 0 Å². The van der Waals surface area contributed by atoms with Gasteiger partial charge in [0.2, 0.25) is 0 Å². The van der Waals surface area contributed by atoms with Crippen molar-refractivity contribution in [1.82, 2.24) is 0 Å². The summed E-state index contributed by atoms with van der Waals surface area (Å²) in [7, 11) is 9.40. The highest BCUT2D eigenvalue weighted by Gasteiger charge is 2.12. The smallest absolute Gasteiger partial charge is 0.335 e. The number of carboxylic acid groups (broad SMARTS) is 4. The molecule has 0 saturated carbocycles. The van der Waals surface area contributed by atoms with Gasteiger partial charge in [0.25, 0.3) is 0 Å². The molecule has 0 aliphatic carbocycles. The van der Waals surface area contributed by atoms with Crippen molar-refractivity contribution in [3.63, 3.8) is 0 Å². The van der Waals surface area contributed by atoms with Crippen molar-refractivity contribution in [2.24, 2.45) is 0 Å². The molecule has 4 rings (SSSR count). The van der Waals surface area contributed by atoms with Crippen LogP contribution in [0.5, 0.6) is 0 Å². The summed E-state index contributed by atoms with van der Waals surface area (Å²) in [6.45, 7) is 14.4. The van der Waals surface area contributed by atoms with Gasteiger partial charge in [-0.15, -0.1) is 0 Å². The van der Waals surface area contributed by atoms with E-state index in [0.717, 1.165) is 19.6 Å². The standard InChI is InChI=1S/2C20H44N.2C14H10O4S/c2*1-5-7-8-9-10-11-12-13-14-15-16-17-18-19-20-21(3,4)6-2;2*15-13(16)9-1-5-11(6-2-9)19-12-7-3-10(4-8-12)14(17)18/h2*5-20H2,1-4H3;2*1-8H,(H,15,16)(H,17,18)/q2*+1;;/p-2. The second kappa shape index (κ2) is 45.9. The Bertz CT molecular complexity index is 1930. The molecule has 0 fully saturated rings. The van der Waals surface area contributed by atoms with Gasteiger partial charge in [0.1, 0.15) is 0 Å². The lowest BCUT2D eigenvalue weighted by Gasteiger charge is -2.28. The molecule has 0 unspecified atom stereocenters. The third kappa shape index (κ3) is 38.9. The van der Waals surface area contributed by atoms with E-state index in [1.54, 1.807) is 48.5 Å². The number of carbonyl (C=O) groups is 4. The number of quaternary nitrogens is 2. The van der Waals surface area contributed by atoms with Crippen LogP contribution in [0, 0.1) is 0 Å². The number of aromatic carboxylic acids is 4. The van der Waals surface area contributed by atoms with E-state index in [1.807, 2.05) is 0 Å². The number of hydrogen-bond acceptors (Lipinski definition) is 8. The van der Waals surface area contributed by atoms with Crippen LogP contribution in [0.15, 0.2) is 117 Å². The maximum Gasteiger partial charge on any atom is 0.335 e. The van der Waals surface area contributed by atoms with Crippen molar-refractivity contribution < 1.29 is 48.6 Å². The van der Waals surface area contributed by atoms with Gasteiger partial charge in [-0.2, -0.15) is 0 Å². The molecular formula is C68H106N2O8S2. The van der Waals surface area contributed by atoms with Gasteiger partial charge >= 0.3 is 11.9 Å². The van der Waals surface area contributed by atoms with E-state index in [0.29, 0.717) is 0 Å². The molecule has 12 heteroatoms. The van der Waals surface area contributed by atoms with Crippen molar-refractivity contribution in [3.05, 3.63) is 119 Å². The molecule has 0 spiro atoms. The fraction of sp³-hybridized carbons (Fsp3) is 0.588. The topological polar surface area (TPSA) is 155 Å². The van der Waals surface area contributed by atoms with Gasteiger partial charge in [0, 0.05) is 19.6 Å². The summed E-state index contributed by atoms with van der Waals surface area (Å²) in [6.07, 6.45) is 40.8. The second-order valence-electron chi connectivity index (χ2n) is 22.6. The van der Waals surface area contributed by atoms with E-state index in [9.17, 15) is 29.4 Å². The Morgan fingerprint density at radius 3 is 0.688 bits per heavy atom. The molecule has 80 heavy (non-hydrogen) atoms. The first-order valence-corrected chi connectivity index (χ1v) is 32.3. The molecular weight excluding hydrogens is 1040 g/mol. The van der Waals surface area contributed by atoms with E-state index in [1.165, 1.54) is 287 Å². The van der Waals surface area contributed by atoms with E-state index in [-0.39, 0.29) is 22.3 Å². The van der Waals surface area contributed by atoms with Crippen LogP contribution in [0.1, 0.15) is 249 Å². The number of rotatable bonds is 40. The summed E-state index contributed by atoms with van der Waals surface area (Å²) < 4.78 is 2.39. The van der Waals surface area contributed by atoms with Gasteiger partial charge in [0.15, 0.2) is 0 Å². The molecule has 0 aliphatic rings. The fourth-order valence-corrected chi connectivity index (χ4v) is 10.3. The van der Waals surface area contributed by atoms with Crippen molar-refractivity contribution in [3.8, 4) is 0 Å². The molecule has 0 saturated heterocycles. The number of benzene rings is 4. The third-order valence-corrected chi connectivity index (χ3v) is 16.8. The highest BCUT2D eigenvalue weighted by atomic mass is 32.2. The Balaban J connectivity index is 0.000000533. The lowest BCUT2D eigenvalue weighted by molar-refractivity contribution is -0.888. The maximum atomic E-state index is 10.7. The normalized spacial score (nSPS) is 11.1. The van der Waals surface area contributed by atoms with Gasteiger partial charge in [-0.3, -0.25) is 0 Å². The van der Waals surface area contributed by atoms with E-state index in [2.05, 4.69) is 55.9 Å². The van der Waals surface area contributed by atoms with Crippen LogP contribution in [-0.4, -0.2) is 97.4 Å². The van der Waals surface area contributed by atoms with E-state index in [4.69, 9.17) is 10.2 Å². The third-order valence-electron chi connectivity index (χ3n) is 14.8. The quantitative estimate of drug-likeness (QED) is 0.0325. The zero-order valence-corrected chi connectivity index (χ0v) is 52.6. The Labute approximate surface area is 494 Å². The number of nitrogens with zero attached hydrogens (tertiary/aromatic N) is 2. The average Bonchev–Trinajstić information content (AvgIpc) is 3.44. The van der Waals surface area contributed by atoms with Crippen LogP contribution < -0.4 is 10.2 Å². The minimum absolute atomic E-state index is 0.122. The molecule has 0 atom stereocenters. The minimum atomic E-state index is -1.21. The zero-order valence-electron chi connectivity index (χ0n) is 50.9. The predicted molar refractivity (Wildman–Crippen MR) is 332 cm³/mol. The van der Waals surface area contributed by atoms with E-state index < -0.39 is 23.9 Å². The molecule has 0 amide bonds. The van der Waals surface area contributed by atoms with Crippen LogP contribution in [0.2, 0.25) is 0 Å². The van der Waals surface area contributed by atoms with Gasteiger partial charge < -0.3 is 39.0 Å². The molecule has 0 aliphatic heterocycles. The van der Waals surface area contributed by atoms with Crippen LogP contribution in [0.4, 0.5) is 0 Å². The molecule has 0 bridgehead atoms. The Morgan fingerprint density at radius 2 is 0.512 bits per heavy atom. The first-order chi connectivity index (χ1) is 38.4. The summed E-state index contributed by atoms with van der Waals surface area (Å²) >= 11 is 2.84. The van der Waals surface area contributed by atoms with Crippen LogP contribution >= 0.6 is 23.5 Å². The van der Waals surface area contributed by atoms with Gasteiger partial charge in [-0.1, -0.05) is 216 Å². The highest BCUT2D eigenvalue weighted by molar-refractivity contribution is 7.99. The first kappa shape index (κ1) is 73.4. The van der Waals surface area contributed by atoms with Crippen molar-refractivity contribution >= 4 is 47.4 Å². The number of carboxylic acids is 4. The van der Waals surface area contributed by atoms with Crippen LogP contribution in [0.3, 0.4) is 0 Å². The molecule has 0 heterocycles. The predicted octanol–water partition coefficient (Wildman–Crippen LogP) is 16.9. The van der Waals surface area contributed by atoms with Gasteiger partial charge in [-0.05, 0) is 123 Å². The molecule has 4 aromatic rings. The summed E-state index contributed by atoms with van der Waals surface area (Å²) in [5, 5.41) is 38.8. The fourth-order valence-electron chi connectivity index (χ4n) is 8.71. The Morgan fingerprint density at radius 1 is 0.325 bits per heavy atom. The SMILES string of the molecule is CCCCCCCCCCCCCCCC[N+](C)(C)CC.CCCCCCCCCCCCCCCC[N+](C)(C)CC.O=C(O)c1ccc(Sc2ccc(C(=O)O)cc2)cc1.O=C([O-])c1ccc(Sc2ccc(C(=O)[O-])cc2)cc1. The van der Waals surface area contributed by atoms with Crippen molar-refractivity contribution in [2.45, 2.75) is 227 Å². The molecule has 10 nitrogen and oxygen atoms in total. The number of carbonyl (C=O) groups excluding carboxylic acids is 2. The molecule has 0 aromatic heterocycles. The molecule has 0 radical (unpaired) electrons. The van der Waals surface area contributed by atoms with Gasteiger partial charge in [-0.25, -0.2) is 9.59 Å². The summed E-state index contributed by atoms with van der Waals surface area (Å²) in [5.74, 6) is -4.34. The zero-order chi connectivity index (χ0) is 59.3. The van der Waals surface area contributed by atoms with Gasteiger partial charge in [0.05, 0.1) is 77.4 Å². The summed E-state index contributed by atoms with van der Waals surface area (Å²) in [6, 6.07) is 25.6. The van der Waals surface area contributed by atoms with E-state index >= 15 is 0 Å². The molecule has 448 valence electrons. The monoisotopic (exact) mass is 1140 g/mol. The van der Waals surface area contributed by atoms with Crippen molar-refractivity contribution in [2.75, 3.05) is 54.4 Å². The Hall–Kier alpha value is -4.62. The lowest BCUT2D eigenvalue weighted by atomic mass is 10.0. The minimum Gasteiger partial charge on any atom is -0.545 e.